The number of hydrogen-bond donors (Lipinski definition) is 1. The van der Waals surface area contributed by atoms with E-state index in [0.717, 1.165) is 32.4 Å². The van der Waals surface area contributed by atoms with Crippen LogP contribution in [0.25, 0.3) is 0 Å². The fourth-order valence-corrected chi connectivity index (χ4v) is 4.14. The van der Waals surface area contributed by atoms with E-state index in [9.17, 15) is 4.79 Å². The molecular weight excluding hydrogens is 284 g/mol. The summed E-state index contributed by atoms with van der Waals surface area (Å²) in [6.45, 7) is 5.61. The van der Waals surface area contributed by atoms with Crippen molar-refractivity contribution in [3.8, 4) is 0 Å². The Morgan fingerprint density at radius 3 is 2.43 bits per heavy atom. The van der Waals surface area contributed by atoms with E-state index in [1.807, 2.05) is 0 Å². The number of piperidine rings is 1. The van der Waals surface area contributed by atoms with Gasteiger partial charge in [-0.25, -0.2) is 0 Å². The van der Waals surface area contributed by atoms with Crippen molar-refractivity contribution < 1.29 is 4.79 Å². The predicted octanol–water partition coefficient (Wildman–Crippen LogP) is 2.95. The van der Waals surface area contributed by atoms with Gasteiger partial charge in [0.05, 0.1) is 0 Å². The predicted molar refractivity (Wildman–Crippen MR) is 92.2 cm³/mol. The lowest BCUT2D eigenvalue weighted by Gasteiger charge is -2.35. The van der Waals surface area contributed by atoms with Gasteiger partial charge >= 0.3 is 0 Å². The van der Waals surface area contributed by atoms with E-state index in [-0.39, 0.29) is 0 Å². The molecule has 3 aliphatic rings. The lowest BCUT2D eigenvalue weighted by Crippen LogP contribution is -2.47. The van der Waals surface area contributed by atoms with Crippen LogP contribution in [0.4, 0.5) is 0 Å². The Hall–Kier alpha value is -1.35. The average molecular weight is 312 g/mol. The van der Waals surface area contributed by atoms with E-state index >= 15 is 0 Å². The Labute approximate surface area is 139 Å². The van der Waals surface area contributed by atoms with Gasteiger partial charge in [0.1, 0.15) is 0 Å². The number of rotatable bonds is 5. The minimum Gasteiger partial charge on any atom is -0.353 e. The van der Waals surface area contributed by atoms with Crippen LogP contribution in [0.15, 0.2) is 30.3 Å². The number of amides is 1. The second-order valence-electron chi connectivity index (χ2n) is 8.02. The van der Waals surface area contributed by atoms with Gasteiger partial charge in [0, 0.05) is 37.0 Å². The van der Waals surface area contributed by atoms with Crippen LogP contribution < -0.4 is 5.32 Å². The van der Waals surface area contributed by atoms with Crippen molar-refractivity contribution in [2.24, 2.45) is 11.8 Å². The monoisotopic (exact) mass is 312 g/mol. The summed E-state index contributed by atoms with van der Waals surface area (Å²) in [6, 6.07) is 11.4. The molecule has 0 bridgehead atoms. The summed E-state index contributed by atoms with van der Waals surface area (Å²) in [5.74, 6) is 1.22. The summed E-state index contributed by atoms with van der Waals surface area (Å²) in [7, 11) is 0. The van der Waals surface area contributed by atoms with Crippen molar-refractivity contribution in [1.82, 2.24) is 10.2 Å². The van der Waals surface area contributed by atoms with E-state index in [4.69, 9.17) is 0 Å². The largest absolute Gasteiger partial charge is 0.353 e. The SMILES string of the molecule is CC1CC1C(=O)NC1CCN(CC2(c3ccccc3)CC2)CC1. The zero-order chi connectivity index (χ0) is 15.9. The summed E-state index contributed by atoms with van der Waals surface area (Å²) < 4.78 is 0. The highest BCUT2D eigenvalue weighted by molar-refractivity contribution is 5.81. The molecule has 4 rings (SSSR count). The van der Waals surface area contributed by atoms with Crippen molar-refractivity contribution in [2.75, 3.05) is 19.6 Å². The lowest BCUT2D eigenvalue weighted by molar-refractivity contribution is -0.123. The summed E-state index contributed by atoms with van der Waals surface area (Å²) in [5.41, 5.74) is 1.93. The highest BCUT2D eigenvalue weighted by atomic mass is 16.2. The Morgan fingerprint density at radius 1 is 1.22 bits per heavy atom. The smallest absolute Gasteiger partial charge is 0.223 e. The van der Waals surface area contributed by atoms with Gasteiger partial charge in [0.25, 0.3) is 0 Å². The third kappa shape index (κ3) is 3.30. The molecule has 1 saturated heterocycles. The molecule has 1 heterocycles. The molecule has 2 saturated carbocycles. The van der Waals surface area contributed by atoms with Crippen LogP contribution in [-0.4, -0.2) is 36.5 Å². The van der Waals surface area contributed by atoms with E-state index < -0.39 is 0 Å². The molecule has 3 heteroatoms. The van der Waals surface area contributed by atoms with Crippen LogP contribution in [-0.2, 0) is 10.2 Å². The quantitative estimate of drug-likeness (QED) is 0.906. The minimum absolute atomic E-state index is 0.305. The van der Waals surface area contributed by atoms with E-state index in [0.29, 0.717) is 29.2 Å². The molecular formula is C20H28N2O. The summed E-state index contributed by atoms with van der Waals surface area (Å²) in [4.78, 5) is 14.7. The first kappa shape index (κ1) is 15.2. The molecule has 0 radical (unpaired) electrons. The van der Waals surface area contributed by atoms with Gasteiger partial charge in [-0.1, -0.05) is 37.3 Å². The van der Waals surface area contributed by atoms with Crippen molar-refractivity contribution >= 4 is 5.91 Å². The molecule has 2 unspecified atom stereocenters. The summed E-state index contributed by atoms with van der Waals surface area (Å²) in [6.07, 6.45) is 5.96. The lowest BCUT2D eigenvalue weighted by atomic mass is 9.94. The standard InChI is InChI=1S/C20H28N2O/c1-15-13-18(15)19(23)21-17-7-11-22(12-8-17)14-20(9-10-20)16-5-3-2-4-6-16/h2-6,15,17-18H,7-14H2,1H3,(H,21,23). The fraction of sp³-hybridized carbons (Fsp3) is 0.650. The molecule has 1 amide bonds. The maximum Gasteiger partial charge on any atom is 0.223 e. The van der Waals surface area contributed by atoms with Crippen LogP contribution in [0.1, 0.15) is 44.6 Å². The van der Waals surface area contributed by atoms with Gasteiger partial charge in [0.15, 0.2) is 0 Å². The van der Waals surface area contributed by atoms with Gasteiger partial charge in [-0.05, 0) is 43.6 Å². The minimum atomic E-state index is 0.305. The Kier molecular flexibility index (Phi) is 3.92. The third-order valence-electron chi connectivity index (χ3n) is 6.15. The van der Waals surface area contributed by atoms with Crippen molar-refractivity contribution in [3.63, 3.8) is 0 Å². The summed E-state index contributed by atoms with van der Waals surface area (Å²) >= 11 is 0. The first-order chi connectivity index (χ1) is 11.2. The first-order valence-electron chi connectivity index (χ1n) is 9.25. The molecule has 0 spiro atoms. The molecule has 3 nitrogen and oxygen atoms in total. The van der Waals surface area contributed by atoms with E-state index in [1.54, 1.807) is 0 Å². The molecule has 1 aliphatic heterocycles. The van der Waals surface area contributed by atoms with Crippen LogP contribution in [0.3, 0.4) is 0 Å². The zero-order valence-corrected chi connectivity index (χ0v) is 14.1. The van der Waals surface area contributed by atoms with Crippen LogP contribution in [0, 0.1) is 11.8 Å². The Bertz CT molecular complexity index is 558. The van der Waals surface area contributed by atoms with Gasteiger partial charge in [-0.3, -0.25) is 4.79 Å². The molecule has 0 aromatic heterocycles. The summed E-state index contributed by atoms with van der Waals surface area (Å²) in [5, 5.41) is 3.28. The third-order valence-corrected chi connectivity index (χ3v) is 6.15. The number of hydrogen-bond acceptors (Lipinski definition) is 2. The number of carbonyl (C=O) groups is 1. The van der Waals surface area contributed by atoms with E-state index in [1.165, 1.54) is 24.9 Å². The highest BCUT2D eigenvalue weighted by Gasteiger charge is 2.45. The van der Waals surface area contributed by atoms with Gasteiger partial charge in [-0.15, -0.1) is 0 Å². The number of benzene rings is 1. The number of nitrogens with zero attached hydrogens (tertiary/aromatic N) is 1. The molecule has 124 valence electrons. The van der Waals surface area contributed by atoms with Crippen LogP contribution >= 0.6 is 0 Å². The molecule has 2 aliphatic carbocycles. The second kappa shape index (κ2) is 5.94. The maximum absolute atomic E-state index is 12.1. The molecule has 1 aromatic carbocycles. The van der Waals surface area contributed by atoms with Gasteiger partial charge in [0.2, 0.25) is 5.91 Å². The molecule has 1 N–H and O–H groups in total. The molecule has 2 atom stereocenters. The Morgan fingerprint density at radius 2 is 1.87 bits per heavy atom. The van der Waals surface area contributed by atoms with Crippen LogP contribution in [0.2, 0.25) is 0 Å². The molecule has 1 aromatic rings. The topological polar surface area (TPSA) is 32.3 Å². The normalized spacial score (nSPS) is 30.0. The van der Waals surface area contributed by atoms with Crippen molar-refractivity contribution in [3.05, 3.63) is 35.9 Å². The number of carbonyl (C=O) groups excluding carboxylic acids is 1. The number of likely N-dealkylation sites (tertiary alicyclic amines) is 1. The van der Waals surface area contributed by atoms with Gasteiger partial charge < -0.3 is 10.2 Å². The first-order valence-corrected chi connectivity index (χ1v) is 9.25. The fourth-order valence-electron chi connectivity index (χ4n) is 4.14. The van der Waals surface area contributed by atoms with Crippen molar-refractivity contribution in [2.45, 2.75) is 50.5 Å². The average Bonchev–Trinajstić information content (AvgIpc) is 3.48. The second-order valence-corrected chi connectivity index (χ2v) is 8.02. The molecule has 23 heavy (non-hydrogen) atoms. The van der Waals surface area contributed by atoms with Crippen LogP contribution in [0.5, 0.6) is 0 Å². The highest BCUT2D eigenvalue weighted by Crippen LogP contribution is 2.48. The maximum atomic E-state index is 12.1. The number of nitrogens with one attached hydrogen (secondary N) is 1. The molecule has 3 fully saturated rings. The van der Waals surface area contributed by atoms with E-state index in [2.05, 4.69) is 47.5 Å². The van der Waals surface area contributed by atoms with Crippen molar-refractivity contribution in [1.29, 1.82) is 0 Å². The van der Waals surface area contributed by atoms with Gasteiger partial charge in [-0.2, -0.15) is 0 Å². The Balaban J connectivity index is 1.26. The zero-order valence-electron chi connectivity index (χ0n) is 14.1.